The van der Waals surface area contributed by atoms with Crippen LogP contribution in [0.4, 0.5) is 0 Å². The van der Waals surface area contributed by atoms with Gasteiger partial charge < -0.3 is 0 Å². The van der Waals surface area contributed by atoms with Gasteiger partial charge in [0.25, 0.3) is 5.56 Å². The fraction of sp³-hybridized carbons (Fsp3) is 0.280. The Hall–Kier alpha value is -3.14. The molecule has 0 amide bonds. The SMILES string of the molecule is CCc1ccc(-n2nc(C)c3c(C)cc(=O)n(Cc4cc(C)ccc4C)c32)cc1. The first-order valence-electron chi connectivity index (χ1n) is 10.1. The van der Waals surface area contributed by atoms with Gasteiger partial charge in [0.1, 0.15) is 5.65 Å². The van der Waals surface area contributed by atoms with Crippen molar-refractivity contribution in [3.63, 3.8) is 0 Å². The Morgan fingerprint density at radius 2 is 1.62 bits per heavy atom. The van der Waals surface area contributed by atoms with Crippen LogP contribution in [0.15, 0.2) is 53.3 Å². The molecule has 0 fully saturated rings. The molecule has 2 heterocycles. The van der Waals surface area contributed by atoms with Crippen molar-refractivity contribution in [3.8, 4) is 5.69 Å². The predicted octanol–water partition coefficient (Wildman–Crippen LogP) is 5.03. The van der Waals surface area contributed by atoms with Gasteiger partial charge in [-0.25, -0.2) is 4.68 Å². The second-order valence-corrected chi connectivity index (χ2v) is 7.90. The van der Waals surface area contributed by atoms with Gasteiger partial charge in [0.15, 0.2) is 0 Å². The zero-order chi connectivity index (χ0) is 20.7. The lowest BCUT2D eigenvalue weighted by Crippen LogP contribution is -2.23. The number of pyridine rings is 1. The molecule has 0 radical (unpaired) electrons. The maximum absolute atomic E-state index is 13.1. The first kappa shape index (κ1) is 19.2. The molecule has 0 unspecified atom stereocenters. The molecule has 4 aromatic rings. The molecule has 0 spiro atoms. The van der Waals surface area contributed by atoms with Gasteiger partial charge in [-0.1, -0.05) is 42.8 Å². The van der Waals surface area contributed by atoms with Crippen LogP contribution >= 0.6 is 0 Å². The smallest absolute Gasteiger partial charge is 0.252 e. The normalized spacial score (nSPS) is 11.3. The molecule has 2 aromatic carbocycles. The van der Waals surface area contributed by atoms with Crippen molar-refractivity contribution in [1.29, 1.82) is 0 Å². The molecule has 0 saturated carbocycles. The van der Waals surface area contributed by atoms with E-state index in [1.165, 1.54) is 16.7 Å². The number of nitrogens with zero attached hydrogens (tertiary/aromatic N) is 3. The summed E-state index contributed by atoms with van der Waals surface area (Å²) in [7, 11) is 0. The van der Waals surface area contributed by atoms with Crippen LogP contribution < -0.4 is 5.56 Å². The highest BCUT2D eigenvalue weighted by Crippen LogP contribution is 2.25. The molecular formula is C25H27N3O. The minimum atomic E-state index is 0.00207. The average molecular weight is 386 g/mol. The molecule has 0 saturated heterocycles. The minimum Gasteiger partial charge on any atom is -0.288 e. The van der Waals surface area contributed by atoms with E-state index in [0.717, 1.165) is 40.0 Å². The molecule has 0 bridgehead atoms. The summed E-state index contributed by atoms with van der Waals surface area (Å²) >= 11 is 0. The maximum Gasteiger partial charge on any atom is 0.252 e. The summed E-state index contributed by atoms with van der Waals surface area (Å²) in [5.41, 5.74) is 8.56. The van der Waals surface area contributed by atoms with Gasteiger partial charge in [-0.3, -0.25) is 9.36 Å². The van der Waals surface area contributed by atoms with E-state index in [4.69, 9.17) is 5.10 Å². The molecule has 4 rings (SSSR count). The second-order valence-electron chi connectivity index (χ2n) is 7.90. The van der Waals surface area contributed by atoms with Crippen molar-refractivity contribution < 1.29 is 0 Å². The van der Waals surface area contributed by atoms with Gasteiger partial charge in [0, 0.05) is 11.5 Å². The summed E-state index contributed by atoms with van der Waals surface area (Å²) in [6.45, 7) is 10.9. The fourth-order valence-corrected chi connectivity index (χ4v) is 4.01. The van der Waals surface area contributed by atoms with Crippen LogP contribution in [-0.2, 0) is 13.0 Å². The lowest BCUT2D eigenvalue weighted by atomic mass is 10.1. The summed E-state index contributed by atoms with van der Waals surface area (Å²) in [5.74, 6) is 0. The average Bonchev–Trinajstić information content (AvgIpc) is 3.05. The van der Waals surface area contributed by atoms with Crippen molar-refractivity contribution in [2.75, 3.05) is 0 Å². The third kappa shape index (κ3) is 3.39. The third-order valence-electron chi connectivity index (χ3n) is 5.71. The first-order chi connectivity index (χ1) is 13.9. The van der Waals surface area contributed by atoms with Gasteiger partial charge in [-0.15, -0.1) is 0 Å². The van der Waals surface area contributed by atoms with Crippen LogP contribution in [-0.4, -0.2) is 14.3 Å². The summed E-state index contributed by atoms with van der Waals surface area (Å²) < 4.78 is 3.78. The molecule has 0 aliphatic rings. The molecule has 148 valence electrons. The minimum absolute atomic E-state index is 0.00207. The Kier molecular flexibility index (Phi) is 4.87. The van der Waals surface area contributed by atoms with Gasteiger partial charge in [-0.05, 0) is 68.5 Å². The topological polar surface area (TPSA) is 39.8 Å². The van der Waals surface area contributed by atoms with Crippen LogP contribution in [0.1, 0.15) is 40.4 Å². The first-order valence-corrected chi connectivity index (χ1v) is 10.1. The highest BCUT2D eigenvalue weighted by Gasteiger charge is 2.17. The van der Waals surface area contributed by atoms with E-state index in [2.05, 4.69) is 63.2 Å². The third-order valence-corrected chi connectivity index (χ3v) is 5.71. The molecule has 0 atom stereocenters. The molecule has 2 aromatic heterocycles. The molecule has 29 heavy (non-hydrogen) atoms. The largest absolute Gasteiger partial charge is 0.288 e. The van der Waals surface area contributed by atoms with Gasteiger partial charge in [0.05, 0.1) is 17.9 Å². The van der Waals surface area contributed by atoms with Crippen molar-refractivity contribution in [1.82, 2.24) is 14.3 Å². The van der Waals surface area contributed by atoms with Crippen molar-refractivity contribution in [3.05, 3.63) is 92.4 Å². The Morgan fingerprint density at radius 1 is 0.897 bits per heavy atom. The van der Waals surface area contributed by atoms with Crippen molar-refractivity contribution in [2.24, 2.45) is 0 Å². The van der Waals surface area contributed by atoms with E-state index in [1.54, 1.807) is 6.07 Å². The number of rotatable bonds is 4. The van der Waals surface area contributed by atoms with Gasteiger partial charge in [-0.2, -0.15) is 5.10 Å². The van der Waals surface area contributed by atoms with Crippen LogP contribution in [0.3, 0.4) is 0 Å². The number of hydrogen-bond acceptors (Lipinski definition) is 2. The van der Waals surface area contributed by atoms with E-state index in [1.807, 2.05) is 23.1 Å². The van der Waals surface area contributed by atoms with Crippen LogP contribution in [0.2, 0.25) is 0 Å². The fourth-order valence-electron chi connectivity index (χ4n) is 4.01. The lowest BCUT2D eigenvalue weighted by Gasteiger charge is -2.14. The molecule has 4 heteroatoms. The van der Waals surface area contributed by atoms with Crippen LogP contribution in [0.5, 0.6) is 0 Å². The molecular weight excluding hydrogens is 358 g/mol. The maximum atomic E-state index is 13.1. The summed E-state index contributed by atoms with van der Waals surface area (Å²) in [4.78, 5) is 13.1. The van der Waals surface area contributed by atoms with E-state index >= 15 is 0 Å². The molecule has 0 aliphatic carbocycles. The van der Waals surface area contributed by atoms with Crippen molar-refractivity contribution >= 4 is 11.0 Å². The number of benzene rings is 2. The molecule has 4 nitrogen and oxygen atoms in total. The number of fused-ring (bicyclic) bond motifs is 1. The number of hydrogen-bond donors (Lipinski definition) is 0. The summed E-state index contributed by atoms with van der Waals surface area (Å²) in [6, 6.07) is 16.5. The lowest BCUT2D eigenvalue weighted by molar-refractivity contribution is 0.746. The zero-order valence-corrected chi connectivity index (χ0v) is 17.8. The Balaban J connectivity index is 1.98. The van der Waals surface area contributed by atoms with E-state index < -0.39 is 0 Å². The van der Waals surface area contributed by atoms with E-state index in [9.17, 15) is 4.79 Å². The highest BCUT2D eigenvalue weighted by atomic mass is 16.1. The zero-order valence-electron chi connectivity index (χ0n) is 17.8. The van der Waals surface area contributed by atoms with Gasteiger partial charge in [0.2, 0.25) is 0 Å². The number of aromatic nitrogens is 3. The van der Waals surface area contributed by atoms with E-state index in [-0.39, 0.29) is 5.56 Å². The Labute approximate surface area is 171 Å². The Bertz CT molecular complexity index is 1260. The molecule has 0 aliphatic heterocycles. The quantitative estimate of drug-likeness (QED) is 0.494. The van der Waals surface area contributed by atoms with Crippen LogP contribution in [0.25, 0.3) is 16.7 Å². The van der Waals surface area contributed by atoms with Crippen molar-refractivity contribution in [2.45, 2.75) is 47.6 Å². The second kappa shape index (κ2) is 7.36. The predicted molar refractivity (Wildman–Crippen MR) is 119 cm³/mol. The van der Waals surface area contributed by atoms with E-state index in [0.29, 0.717) is 6.54 Å². The van der Waals surface area contributed by atoms with Gasteiger partial charge >= 0.3 is 0 Å². The summed E-state index contributed by atoms with van der Waals surface area (Å²) in [6.07, 6.45) is 0.996. The number of aryl methyl sites for hydroxylation is 5. The molecule has 0 N–H and O–H groups in total. The monoisotopic (exact) mass is 385 g/mol. The Morgan fingerprint density at radius 3 is 2.31 bits per heavy atom. The van der Waals surface area contributed by atoms with Crippen LogP contribution in [0, 0.1) is 27.7 Å². The summed E-state index contributed by atoms with van der Waals surface area (Å²) in [5, 5.41) is 5.87. The highest BCUT2D eigenvalue weighted by molar-refractivity contribution is 5.83. The standard InChI is InChI=1S/C25H27N3O/c1-6-20-9-11-22(12-10-20)28-25-24(19(5)26-28)18(4)14-23(29)27(25)15-21-13-16(2)7-8-17(21)3/h7-14H,6,15H2,1-5H3.